The SMILES string of the molecule is O=C(COc1ccc(Cl)cc1)NC1CCC(NC(=O)c2cn(C3CC3)c3cc(Cl)c(F)cc3c2=O)CC1. The Morgan fingerprint density at radius 3 is 2.27 bits per heavy atom. The molecule has 2 fully saturated rings. The van der Waals surface area contributed by atoms with E-state index in [1.165, 1.54) is 6.07 Å². The molecule has 0 unspecified atom stereocenters. The lowest BCUT2D eigenvalue weighted by Crippen LogP contribution is -2.45. The number of fused-ring (bicyclic) bond motifs is 1. The number of hydrogen-bond acceptors (Lipinski definition) is 4. The van der Waals surface area contributed by atoms with Crippen molar-refractivity contribution in [1.82, 2.24) is 15.2 Å². The van der Waals surface area contributed by atoms with Crippen LogP contribution in [0.25, 0.3) is 10.9 Å². The van der Waals surface area contributed by atoms with Crippen LogP contribution in [0.15, 0.2) is 47.4 Å². The largest absolute Gasteiger partial charge is 0.484 e. The second-order valence-corrected chi connectivity index (χ2v) is 10.5. The van der Waals surface area contributed by atoms with Crippen molar-refractivity contribution >= 4 is 45.9 Å². The highest BCUT2D eigenvalue weighted by Crippen LogP contribution is 2.37. The van der Waals surface area contributed by atoms with Crippen LogP contribution in [0, 0.1) is 5.82 Å². The number of hydrogen-bond donors (Lipinski definition) is 2. The standard InChI is InChI=1S/C27H26Cl2FN3O4/c28-15-1-9-19(10-2-15)37-14-25(34)31-16-3-5-17(6-4-16)32-27(36)21-13-33(18-7-8-18)24-12-22(29)23(30)11-20(24)26(21)35/h1-2,9-13,16-18H,3-8,14H2,(H,31,34)(H,32,36). The molecule has 0 radical (unpaired) electrons. The van der Waals surface area contributed by atoms with Crippen molar-refractivity contribution in [2.45, 2.75) is 56.7 Å². The zero-order chi connectivity index (χ0) is 26.1. The Morgan fingerprint density at radius 2 is 1.62 bits per heavy atom. The summed E-state index contributed by atoms with van der Waals surface area (Å²) in [7, 11) is 0. The van der Waals surface area contributed by atoms with Crippen molar-refractivity contribution in [3.05, 3.63) is 74.2 Å². The summed E-state index contributed by atoms with van der Waals surface area (Å²) in [6, 6.07) is 9.36. The van der Waals surface area contributed by atoms with E-state index in [2.05, 4.69) is 10.6 Å². The molecule has 2 aromatic carbocycles. The zero-order valence-electron chi connectivity index (χ0n) is 19.9. The predicted octanol–water partition coefficient (Wildman–Crippen LogP) is 5.02. The summed E-state index contributed by atoms with van der Waals surface area (Å²) in [6.45, 7) is -0.0979. The number of benzene rings is 2. The molecule has 0 spiro atoms. The number of pyridine rings is 1. The Hall–Kier alpha value is -3.10. The normalized spacial score (nSPS) is 19.4. The number of carbonyl (C=O) groups is 2. The van der Waals surface area contributed by atoms with Crippen molar-refractivity contribution in [3.8, 4) is 5.75 Å². The molecule has 1 aromatic heterocycles. The molecule has 2 saturated carbocycles. The van der Waals surface area contributed by atoms with Crippen molar-refractivity contribution in [2.24, 2.45) is 0 Å². The van der Waals surface area contributed by atoms with Gasteiger partial charge in [0.25, 0.3) is 11.8 Å². The molecular formula is C27H26Cl2FN3O4. The monoisotopic (exact) mass is 545 g/mol. The van der Waals surface area contributed by atoms with Gasteiger partial charge >= 0.3 is 0 Å². The van der Waals surface area contributed by atoms with Gasteiger partial charge in [-0.05, 0) is 74.9 Å². The number of ether oxygens (including phenoxy) is 1. The summed E-state index contributed by atoms with van der Waals surface area (Å²) in [5.74, 6) is -0.816. The van der Waals surface area contributed by atoms with Gasteiger partial charge in [0, 0.05) is 34.7 Å². The molecule has 2 N–H and O–H groups in total. The van der Waals surface area contributed by atoms with E-state index in [0.29, 0.717) is 42.0 Å². The molecular weight excluding hydrogens is 520 g/mol. The third-order valence-corrected chi connectivity index (χ3v) is 7.41. The topological polar surface area (TPSA) is 89.4 Å². The van der Waals surface area contributed by atoms with Crippen LogP contribution in [0.2, 0.25) is 10.0 Å². The van der Waals surface area contributed by atoms with Gasteiger partial charge in [-0.3, -0.25) is 14.4 Å². The van der Waals surface area contributed by atoms with Gasteiger partial charge in [-0.25, -0.2) is 4.39 Å². The van der Waals surface area contributed by atoms with E-state index < -0.39 is 17.2 Å². The molecule has 5 rings (SSSR count). The smallest absolute Gasteiger partial charge is 0.258 e. The summed E-state index contributed by atoms with van der Waals surface area (Å²) < 4.78 is 21.5. The Balaban J connectivity index is 1.18. The molecule has 2 amide bonds. The van der Waals surface area contributed by atoms with E-state index in [-0.39, 0.29) is 46.6 Å². The number of nitrogens with zero attached hydrogens (tertiary/aromatic N) is 1. The number of amides is 2. The van der Waals surface area contributed by atoms with Crippen molar-refractivity contribution in [2.75, 3.05) is 6.61 Å². The molecule has 7 nitrogen and oxygen atoms in total. The van der Waals surface area contributed by atoms with E-state index in [9.17, 15) is 18.8 Å². The van der Waals surface area contributed by atoms with Crippen molar-refractivity contribution < 1.29 is 18.7 Å². The van der Waals surface area contributed by atoms with Crippen LogP contribution in [-0.2, 0) is 4.79 Å². The first kappa shape index (κ1) is 25.5. The van der Waals surface area contributed by atoms with Crippen LogP contribution < -0.4 is 20.8 Å². The highest BCUT2D eigenvalue weighted by atomic mass is 35.5. The summed E-state index contributed by atoms with van der Waals surface area (Å²) >= 11 is 11.8. The lowest BCUT2D eigenvalue weighted by atomic mass is 9.91. The van der Waals surface area contributed by atoms with Crippen molar-refractivity contribution in [3.63, 3.8) is 0 Å². The minimum Gasteiger partial charge on any atom is -0.484 e. The maximum Gasteiger partial charge on any atom is 0.258 e. The van der Waals surface area contributed by atoms with Crippen LogP contribution in [0.5, 0.6) is 5.75 Å². The summed E-state index contributed by atoms with van der Waals surface area (Å²) in [5, 5.41) is 6.61. The molecule has 2 aliphatic rings. The van der Waals surface area contributed by atoms with Crippen molar-refractivity contribution in [1.29, 1.82) is 0 Å². The Kier molecular flexibility index (Phi) is 7.40. The first-order chi connectivity index (χ1) is 17.8. The Morgan fingerprint density at radius 1 is 0.973 bits per heavy atom. The highest BCUT2D eigenvalue weighted by Gasteiger charge is 2.29. The molecule has 2 aliphatic carbocycles. The van der Waals surface area contributed by atoms with Gasteiger partial charge in [0.1, 0.15) is 17.1 Å². The van der Waals surface area contributed by atoms with E-state index >= 15 is 0 Å². The van der Waals surface area contributed by atoms with Gasteiger partial charge < -0.3 is 19.9 Å². The average molecular weight is 546 g/mol. The average Bonchev–Trinajstić information content (AvgIpc) is 3.72. The van der Waals surface area contributed by atoms with Crippen LogP contribution in [0.1, 0.15) is 54.9 Å². The van der Waals surface area contributed by atoms with E-state index in [1.54, 1.807) is 30.5 Å². The van der Waals surface area contributed by atoms with E-state index in [4.69, 9.17) is 27.9 Å². The van der Waals surface area contributed by atoms with Gasteiger partial charge in [-0.15, -0.1) is 0 Å². The minimum absolute atomic E-state index is 0.00380. The summed E-state index contributed by atoms with van der Waals surface area (Å²) in [6.07, 6.45) is 6.10. The van der Waals surface area contributed by atoms with E-state index in [0.717, 1.165) is 18.9 Å². The quantitative estimate of drug-likeness (QED) is 0.436. The second kappa shape index (κ2) is 10.7. The second-order valence-electron chi connectivity index (χ2n) is 9.63. The fourth-order valence-electron chi connectivity index (χ4n) is 4.75. The zero-order valence-corrected chi connectivity index (χ0v) is 21.4. The van der Waals surface area contributed by atoms with Crippen LogP contribution in [0.4, 0.5) is 4.39 Å². The Labute approximate surface area is 222 Å². The molecule has 0 atom stereocenters. The van der Waals surface area contributed by atoms with Gasteiger partial charge in [0.05, 0.1) is 10.5 Å². The summed E-state index contributed by atoms with van der Waals surface area (Å²) in [5.41, 5.74) is 0.0178. The fraction of sp³-hybridized carbons (Fsp3) is 0.370. The number of aromatic nitrogens is 1. The molecule has 0 bridgehead atoms. The Bertz CT molecular complexity index is 1400. The first-order valence-corrected chi connectivity index (χ1v) is 13.1. The van der Waals surface area contributed by atoms with E-state index in [1.807, 2.05) is 4.57 Å². The van der Waals surface area contributed by atoms with Crippen LogP contribution >= 0.6 is 23.2 Å². The fourth-order valence-corrected chi connectivity index (χ4v) is 5.04. The molecule has 3 aromatic rings. The maximum atomic E-state index is 14.1. The predicted molar refractivity (Wildman–Crippen MR) is 140 cm³/mol. The molecule has 1 heterocycles. The maximum absolute atomic E-state index is 14.1. The van der Waals surface area contributed by atoms with Crippen LogP contribution in [0.3, 0.4) is 0 Å². The third-order valence-electron chi connectivity index (χ3n) is 6.87. The number of rotatable bonds is 7. The lowest BCUT2D eigenvalue weighted by molar-refractivity contribution is -0.124. The molecule has 10 heteroatoms. The number of nitrogens with one attached hydrogen (secondary N) is 2. The number of halogens is 3. The van der Waals surface area contributed by atoms with Gasteiger partial charge in [-0.2, -0.15) is 0 Å². The van der Waals surface area contributed by atoms with Gasteiger partial charge in [0.2, 0.25) is 5.43 Å². The molecule has 194 valence electrons. The highest BCUT2D eigenvalue weighted by molar-refractivity contribution is 6.31. The minimum atomic E-state index is -0.690. The lowest BCUT2D eigenvalue weighted by Gasteiger charge is -2.29. The van der Waals surface area contributed by atoms with Crippen LogP contribution in [-0.4, -0.2) is 35.1 Å². The van der Waals surface area contributed by atoms with Gasteiger partial charge in [-0.1, -0.05) is 23.2 Å². The third kappa shape index (κ3) is 5.91. The molecule has 0 saturated heterocycles. The number of carbonyl (C=O) groups excluding carboxylic acids is 2. The molecule has 37 heavy (non-hydrogen) atoms. The first-order valence-electron chi connectivity index (χ1n) is 12.3. The van der Waals surface area contributed by atoms with Gasteiger partial charge in [0.15, 0.2) is 6.61 Å². The summed E-state index contributed by atoms with van der Waals surface area (Å²) in [4.78, 5) is 38.4. The molecule has 0 aliphatic heterocycles.